The number of furan rings is 1. The highest BCUT2D eigenvalue weighted by atomic mass is 19.1. The van der Waals surface area contributed by atoms with E-state index in [1.807, 2.05) is 36.4 Å². The van der Waals surface area contributed by atoms with Crippen LogP contribution in [0.2, 0.25) is 0 Å². The average Bonchev–Trinajstić information content (AvgIpc) is 2.90. The molecule has 1 heterocycles. The number of hydrogen-bond acceptors (Lipinski definition) is 3. The van der Waals surface area contributed by atoms with Gasteiger partial charge in [-0.3, -0.25) is 4.79 Å². The molecule has 0 radical (unpaired) electrons. The first-order chi connectivity index (χ1) is 10.6. The minimum atomic E-state index is -0.780. The fourth-order valence-corrected chi connectivity index (χ4v) is 2.46. The minimum Gasteiger partial charge on any atom is -0.468 e. The van der Waals surface area contributed by atoms with Crippen molar-refractivity contribution in [2.24, 2.45) is 0 Å². The lowest BCUT2D eigenvalue weighted by Crippen LogP contribution is -2.11. The van der Waals surface area contributed by atoms with Gasteiger partial charge in [0.15, 0.2) is 11.6 Å². The van der Waals surface area contributed by atoms with Crippen LogP contribution in [0, 0.1) is 5.82 Å². The third-order valence-electron chi connectivity index (χ3n) is 3.71. The molecule has 3 rings (SSSR count). The van der Waals surface area contributed by atoms with Crippen LogP contribution in [0.5, 0.6) is 0 Å². The van der Waals surface area contributed by atoms with E-state index >= 15 is 0 Å². The SMILES string of the molecule is COC(=O)C(C)c1oc2ccc(-c3ccccc3)cc2c1F. The molecule has 1 unspecified atom stereocenters. The molecular weight excluding hydrogens is 283 g/mol. The normalized spacial score (nSPS) is 12.3. The summed E-state index contributed by atoms with van der Waals surface area (Å²) < 4.78 is 24.7. The molecule has 0 aliphatic heterocycles. The summed E-state index contributed by atoms with van der Waals surface area (Å²) in [6.45, 7) is 1.56. The van der Waals surface area contributed by atoms with Gasteiger partial charge in [0.25, 0.3) is 0 Å². The van der Waals surface area contributed by atoms with Crippen molar-refractivity contribution < 1.29 is 18.3 Å². The van der Waals surface area contributed by atoms with Gasteiger partial charge in [-0.2, -0.15) is 0 Å². The van der Waals surface area contributed by atoms with Crippen LogP contribution < -0.4 is 0 Å². The third-order valence-corrected chi connectivity index (χ3v) is 3.71. The molecule has 0 N–H and O–H groups in total. The van der Waals surface area contributed by atoms with E-state index < -0.39 is 17.7 Å². The molecule has 112 valence electrons. The van der Waals surface area contributed by atoms with Gasteiger partial charge in [0.2, 0.25) is 0 Å². The fraction of sp³-hybridized carbons (Fsp3) is 0.167. The van der Waals surface area contributed by atoms with E-state index in [-0.39, 0.29) is 5.76 Å². The van der Waals surface area contributed by atoms with Gasteiger partial charge in [0.05, 0.1) is 12.5 Å². The molecule has 0 bridgehead atoms. The van der Waals surface area contributed by atoms with E-state index in [9.17, 15) is 9.18 Å². The minimum absolute atomic E-state index is 0.00654. The number of carbonyl (C=O) groups is 1. The Morgan fingerprint density at radius 1 is 1.14 bits per heavy atom. The first kappa shape index (κ1) is 14.3. The second-order valence-electron chi connectivity index (χ2n) is 5.10. The molecule has 3 nitrogen and oxygen atoms in total. The molecule has 2 aromatic carbocycles. The van der Waals surface area contributed by atoms with Crippen molar-refractivity contribution in [3.05, 3.63) is 60.1 Å². The molecule has 1 aromatic heterocycles. The zero-order valence-electron chi connectivity index (χ0n) is 12.3. The standard InChI is InChI=1S/C18H15FO3/c1-11(18(20)21-2)17-16(19)14-10-13(8-9-15(14)22-17)12-6-4-3-5-7-12/h3-11H,1-2H3. The summed E-state index contributed by atoms with van der Waals surface area (Å²) in [4.78, 5) is 11.6. The molecule has 0 saturated heterocycles. The number of halogens is 1. The van der Waals surface area contributed by atoms with Crippen molar-refractivity contribution in [1.29, 1.82) is 0 Å². The fourth-order valence-electron chi connectivity index (χ4n) is 2.46. The molecule has 4 heteroatoms. The largest absolute Gasteiger partial charge is 0.468 e. The first-order valence-electron chi connectivity index (χ1n) is 6.97. The van der Waals surface area contributed by atoms with Crippen molar-refractivity contribution in [3.63, 3.8) is 0 Å². The molecule has 3 aromatic rings. The smallest absolute Gasteiger partial charge is 0.316 e. The Morgan fingerprint density at radius 3 is 2.55 bits per heavy atom. The Morgan fingerprint density at radius 2 is 1.86 bits per heavy atom. The van der Waals surface area contributed by atoms with Crippen molar-refractivity contribution in [3.8, 4) is 11.1 Å². The van der Waals surface area contributed by atoms with Crippen molar-refractivity contribution in [2.45, 2.75) is 12.8 Å². The van der Waals surface area contributed by atoms with E-state index in [1.54, 1.807) is 19.1 Å². The van der Waals surface area contributed by atoms with E-state index in [0.29, 0.717) is 11.0 Å². The van der Waals surface area contributed by atoms with E-state index in [2.05, 4.69) is 4.74 Å². The first-order valence-corrected chi connectivity index (χ1v) is 6.97. The molecule has 0 saturated carbocycles. The Balaban J connectivity index is 2.10. The van der Waals surface area contributed by atoms with Gasteiger partial charge in [-0.25, -0.2) is 4.39 Å². The molecule has 0 spiro atoms. The van der Waals surface area contributed by atoms with Gasteiger partial charge < -0.3 is 9.15 Å². The van der Waals surface area contributed by atoms with Crippen LogP contribution in [0.15, 0.2) is 52.9 Å². The Bertz CT molecular complexity index is 821. The predicted molar refractivity (Wildman–Crippen MR) is 82.0 cm³/mol. The number of benzene rings is 2. The summed E-state index contributed by atoms with van der Waals surface area (Å²) in [5.41, 5.74) is 2.31. The number of ether oxygens (including phenoxy) is 1. The second-order valence-corrected chi connectivity index (χ2v) is 5.10. The summed E-state index contributed by atoms with van der Waals surface area (Å²) in [6.07, 6.45) is 0. The summed E-state index contributed by atoms with van der Waals surface area (Å²) in [5.74, 6) is -1.81. The predicted octanol–water partition coefficient (Wildman–Crippen LogP) is 4.52. The van der Waals surface area contributed by atoms with Crippen molar-refractivity contribution >= 4 is 16.9 Å². The zero-order valence-corrected chi connectivity index (χ0v) is 12.3. The van der Waals surface area contributed by atoms with Gasteiger partial charge >= 0.3 is 5.97 Å². The third kappa shape index (κ3) is 2.37. The summed E-state index contributed by atoms with van der Waals surface area (Å²) in [7, 11) is 1.27. The monoisotopic (exact) mass is 298 g/mol. The number of carbonyl (C=O) groups excluding carboxylic acids is 1. The zero-order chi connectivity index (χ0) is 15.7. The molecule has 22 heavy (non-hydrogen) atoms. The molecule has 0 aliphatic rings. The van der Waals surface area contributed by atoms with Gasteiger partial charge in [-0.05, 0) is 30.2 Å². The molecule has 0 fully saturated rings. The van der Waals surface area contributed by atoms with Gasteiger partial charge in [0, 0.05) is 0 Å². The number of fused-ring (bicyclic) bond motifs is 1. The Kier molecular flexibility index (Phi) is 3.67. The summed E-state index contributed by atoms with van der Waals surface area (Å²) >= 11 is 0. The maximum atomic E-state index is 14.6. The molecule has 0 amide bonds. The lowest BCUT2D eigenvalue weighted by atomic mass is 10.0. The highest BCUT2D eigenvalue weighted by Gasteiger charge is 2.26. The number of methoxy groups -OCH3 is 1. The van der Waals surface area contributed by atoms with Crippen molar-refractivity contribution in [2.75, 3.05) is 7.11 Å². The van der Waals surface area contributed by atoms with Crippen LogP contribution in [0.4, 0.5) is 4.39 Å². The lowest BCUT2D eigenvalue weighted by Gasteiger charge is -2.05. The van der Waals surface area contributed by atoms with Crippen LogP contribution in [-0.4, -0.2) is 13.1 Å². The molecular formula is C18H15FO3. The van der Waals surface area contributed by atoms with Gasteiger partial charge in [-0.1, -0.05) is 36.4 Å². The lowest BCUT2D eigenvalue weighted by molar-refractivity contribution is -0.142. The maximum Gasteiger partial charge on any atom is 0.316 e. The highest BCUT2D eigenvalue weighted by Crippen LogP contribution is 2.33. The Labute approximate surface area is 127 Å². The number of rotatable bonds is 3. The van der Waals surface area contributed by atoms with Crippen LogP contribution >= 0.6 is 0 Å². The number of esters is 1. The summed E-state index contributed by atoms with van der Waals surface area (Å²) in [6, 6.07) is 15.0. The van der Waals surface area contributed by atoms with E-state index in [1.165, 1.54) is 7.11 Å². The van der Waals surface area contributed by atoms with Crippen LogP contribution in [0.3, 0.4) is 0 Å². The topological polar surface area (TPSA) is 39.4 Å². The van der Waals surface area contributed by atoms with Crippen LogP contribution in [0.1, 0.15) is 18.6 Å². The molecule has 1 atom stereocenters. The maximum absolute atomic E-state index is 14.6. The molecule has 0 aliphatic carbocycles. The number of hydrogen-bond donors (Lipinski definition) is 0. The van der Waals surface area contributed by atoms with Gasteiger partial charge in [-0.15, -0.1) is 0 Å². The summed E-state index contributed by atoms with van der Waals surface area (Å²) in [5, 5.41) is 0.368. The quantitative estimate of drug-likeness (QED) is 0.668. The van der Waals surface area contributed by atoms with Crippen molar-refractivity contribution in [1.82, 2.24) is 0 Å². The second kappa shape index (κ2) is 5.64. The average molecular weight is 298 g/mol. The van der Waals surface area contributed by atoms with Crippen LogP contribution in [0.25, 0.3) is 22.1 Å². The van der Waals surface area contributed by atoms with E-state index in [0.717, 1.165) is 11.1 Å². The Hall–Kier alpha value is -2.62. The van der Waals surface area contributed by atoms with E-state index in [4.69, 9.17) is 4.42 Å². The van der Waals surface area contributed by atoms with Crippen LogP contribution in [-0.2, 0) is 9.53 Å². The highest BCUT2D eigenvalue weighted by molar-refractivity contribution is 5.86. The van der Waals surface area contributed by atoms with Gasteiger partial charge in [0.1, 0.15) is 11.5 Å².